The maximum atomic E-state index is 13.6. The predicted octanol–water partition coefficient (Wildman–Crippen LogP) is 3.38. The maximum Gasteiger partial charge on any atom is 0.264 e. The fourth-order valence-electron chi connectivity index (χ4n) is 5.48. The Bertz CT molecular complexity index is 1390. The number of benzene rings is 2. The second kappa shape index (κ2) is 11.1. The number of imide groups is 1. The Balaban J connectivity index is 1.33. The summed E-state index contributed by atoms with van der Waals surface area (Å²) < 4.78 is 35.1. The van der Waals surface area contributed by atoms with E-state index >= 15 is 0 Å². The van der Waals surface area contributed by atoms with E-state index in [1.807, 2.05) is 17.1 Å². The lowest BCUT2D eigenvalue weighted by Gasteiger charge is -2.23. The van der Waals surface area contributed by atoms with Crippen molar-refractivity contribution in [3.05, 3.63) is 54.6 Å². The first-order valence-electron chi connectivity index (χ1n) is 13.1. The molecular formula is C28H32N4O6S. The van der Waals surface area contributed by atoms with Crippen LogP contribution in [-0.4, -0.2) is 57.8 Å². The number of hydrogen-bond acceptors (Lipinski definition) is 7. The molecule has 11 heteroatoms. The van der Waals surface area contributed by atoms with Crippen molar-refractivity contribution >= 4 is 44.8 Å². The van der Waals surface area contributed by atoms with E-state index in [0.29, 0.717) is 35.7 Å². The maximum absolute atomic E-state index is 13.6. The predicted molar refractivity (Wildman–Crippen MR) is 147 cm³/mol. The molecule has 5 rings (SSSR count). The van der Waals surface area contributed by atoms with Gasteiger partial charge in [-0.1, -0.05) is 24.3 Å². The molecule has 2 saturated heterocycles. The molecule has 2 aromatic carbocycles. The van der Waals surface area contributed by atoms with Crippen molar-refractivity contribution in [3.8, 4) is 5.75 Å². The number of rotatable bonds is 9. The van der Waals surface area contributed by atoms with Crippen LogP contribution in [0.1, 0.15) is 32.1 Å². The molecule has 2 aliphatic heterocycles. The molecule has 2 atom stereocenters. The molecule has 10 nitrogen and oxygen atoms in total. The van der Waals surface area contributed by atoms with Crippen molar-refractivity contribution in [2.75, 3.05) is 41.7 Å². The van der Waals surface area contributed by atoms with E-state index in [4.69, 9.17) is 4.74 Å². The van der Waals surface area contributed by atoms with Gasteiger partial charge in [-0.25, -0.2) is 8.42 Å². The van der Waals surface area contributed by atoms with Crippen LogP contribution in [0.5, 0.6) is 5.75 Å². The number of nitrogens with zero attached hydrogens (tertiary/aromatic N) is 2. The van der Waals surface area contributed by atoms with Crippen molar-refractivity contribution in [2.24, 2.45) is 11.8 Å². The molecule has 2 N–H and O–H groups in total. The normalized spacial score (nSPS) is 20.7. The lowest BCUT2D eigenvalue weighted by atomic mass is 9.85. The third-order valence-electron chi connectivity index (χ3n) is 7.49. The summed E-state index contributed by atoms with van der Waals surface area (Å²) in [4.78, 5) is 41.4. The van der Waals surface area contributed by atoms with E-state index in [0.717, 1.165) is 25.9 Å². The topological polar surface area (TPSA) is 125 Å². The smallest absolute Gasteiger partial charge is 0.264 e. The number of ether oxygens (including phenoxy) is 1. The third-order valence-corrected chi connectivity index (χ3v) is 8.89. The van der Waals surface area contributed by atoms with Gasteiger partial charge in [-0.2, -0.15) is 0 Å². The first-order valence-corrected chi connectivity index (χ1v) is 14.6. The van der Waals surface area contributed by atoms with E-state index in [1.54, 1.807) is 36.4 Å². The molecule has 39 heavy (non-hydrogen) atoms. The zero-order valence-electron chi connectivity index (χ0n) is 21.8. The van der Waals surface area contributed by atoms with Gasteiger partial charge in [0, 0.05) is 31.7 Å². The number of sulfonamides is 1. The Morgan fingerprint density at radius 2 is 1.67 bits per heavy atom. The highest BCUT2D eigenvalue weighted by atomic mass is 32.2. The van der Waals surface area contributed by atoms with E-state index < -0.39 is 15.9 Å². The number of nitrogens with one attached hydrogen (secondary N) is 2. The highest BCUT2D eigenvalue weighted by molar-refractivity contribution is 7.93. The van der Waals surface area contributed by atoms with Crippen LogP contribution in [0.2, 0.25) is 0 Å². The van der Waals surface area contributed by atoms with Gasteiger partial charge < -0.3 is 15.0 Å². The quantitative estimate of drug-likeness (QED) is 0.361. The molecule has 2 heterocycles. The minimum absolute atomic E-state index is 0.0110. The fraction of sp³-hybridized carbons (Fsp3) is 0.393. The number of allylic oxidation sites excluding steroid dienone is 2. The average molecular weight is 553 g/mol. The number of anilines is 3. The van der Waals surface area contributed by atoms with Gasteiger partial charge in [0.25, 0.3) is 10.0 Å². The molecule has 3 amide bonds. The average Bonchev–Trinajstić information content (AvgIpc) is 3.55. The van der Waals surface area contributed by atoms with Crippen LogP contribution in [0.4, 0.5) is 17.1 Å². The summed E-state index contributed by atoms with van der Waals surface area (Å²) in [5.41, 5.74) is 1.16. The number of para-hydroxylation sites is 2. The van der Waals surface area contributed by atoms with Gasteiger partial charge >= 0.3 is 0 Å². The lowest BCUT2D eigenvalue weighted by molar-refractivity contribution is -0.140. The standard InChI is InChI=1S/C28H32N4O6S/c1-38-24-11-5-4-10-22(24)30-39(36,37)25-18-19(12-13-23(25)31-15-6-7-16-31)29-26(33)14-17-32-27(34)20-8-2-3-9-21(20)28(32)35/h2-5,10-13,18,20-21,30H,6-9,14-17H2,1H3,(H,29,33)/t20-,21-/m0/s1. The second-order valence-electron chi connectivity index (χ2n) is 9.96. The van der Waals surface area contributed by atoms with Crippen molar-refractivity contribution in [1.82, 2.24) is 4.90 Å². The van der Waals surface area contributed by atoms with Gasteiger partial charge in [-0.05, 0) is 56.0 Å². The Morgan fingerprint density at radius 3 is 2.33 bits per heavy atom. The van der Waals surface area contributed by atoms with Crippen LogP contribution in [0, 0.1) is 11.8 Å². The van der Waals surface area contributed by atoms with E-state index in [1.165, 1.54) is 18.1 Å². The summed E-state index contributed by atoms with van der Waals surface area (Å²) in [6.07, 6.45) is 6.77. The molecule has 0 unspecified atom stereocenters. The Hall–Kier alpha value is -3.86. The van der Waals surface area contributed by atoms with Crippen LogP contribution >= 0.6 is 0 Å². The molecule has 0 aromatic heterocycles. The number of methoxy groups -OCH3 is 1. The first kappa shape index (κ1) is 26.7. The first-order chi connectivity index (χ1) is 18.8. The summed E-state index contributed by atoms with van der Waals surface area (Å²) in [5, 5.41) is 2.74. The van der Waals surface area contributed by atoms with Gasteiger partial charge in [0.05, 0.1) is 30.3 Å². The zero-order valence-corrected chi connectivity index (χ0v) is 22.6. The minimum atomic E-state index is -4.05. The Morgan fingerprint density at radius 1 is 1.00 bits per heavy atom. The highest BCUT2D eigenvalue weighted by Crippen LogP contribution is 2.36. The minimum Gasteiger partial charge on any atom is -0.495 e. The highest BCUT2D eigenvalue weighted by Gasteiger charge is 2.46. The summed E-state index contributed by atoms with van der Waals surface area (Å²) in [5.74, 6) is -1.17. The molecule has 3 aliphatic rings. The molecule has 0 bridgehead atoms. The number of fused-ring (bicyclic) bond motifs is 1. The lowest BCUT2D eigenvalue weighted by Crippen LogP contribution is -2.34. The van der Waals surface area contributed by atoms with Crippen molar-refractivity contribution in [3.63, 3.8) is 0 Å². The Kier molecular flexibility index (Phi) is 7.60. The van der Waals surface area contributed by atoms with Gasteiger partial charge in [0.1, 0.15) is 10.6 Å². The van der Waals surface area contributed by atoms with Crippen LogP contribution < -0.4 is 19.7 Å². The fourth-order valence-corrected chi connectivity index (χ4v) is 6.80. The summed E-state index contributed by atoms with van der Waals surface area (Å²) in [6.45, 7) is 1.46. The Labute approximate surface area is 228 Å². The van der Waals surface area contributed by atoms with E-state index in [2.05, 4.69) is 10.0 Å². The van der Waals surface area contributed by atoms with Crippen molar-refractivity contribution in [2.45, 2.75) is 37.0 Å². The van der Waals surface area contributed by atoms with Crippen LogP contribution in [0.3, 0.4) is 0 Å². The summed E-state index contributed by atoms with van der Waals surface area (Å²) >= 11 is 0. The van der Waals surface area contributed by atoms with Gasteiger partial charge in [0.15, 0.2) is 0 Å². The SMILES string of the molecule is COc1ccccc1NS(=O)(=O)c1cc(NC(=O)CCN2C(=O)[C@H]3CC=CC[C@@H]3C2=O)ccc1N1CCCC1. The number of amides is 3. The molecule has 0 radical (unpaired) electrons. The summed E-state index contributed by atoms with van der Waals surface area (Å²) in [7, 11) is -2.59. The third kappa shape index (κ3) is 5.49. The monoisotopic (exact) mass is 552 g/mol. The molecular weight excluding hydrogens is 520 g/mol. The number of likely N-dealkylation sites (tertiary alicyclic amines) is 1. The zero-order chi connectivity index (χ0) is 27.6. The molecule has 0 saturated carbocycles. The molecule has 2 fully saturated rings. The number of hydrogen-bond donors (Lipinski definition) is 2. The van der Waals surface area contributed by atoms with E-state index in [-0.39, 0.29) is 41.5 Å². The summed E-state index contributed by atoms with van der Waals surface area (Å²) in [6, 6.07) is 11.5. The molecule has 0 spiro atoms. The van der Waals surface area contributed by atoms with Crippen LogP contribution in [0.15, 0.2) is 59.5 Å². The number of carbonyl (C=O) groups excluding carboxylic acids is 3. The molecule has 206 valence electrons. The van der Waals surface area contributed by atoms with Gasteiger partial charge in [-0.3, -0.25) is 24.0 Å². The number of carbonyl (C=O) groups is 3. The second-order valence-corrected chi connectivity index (χ2v) is 11.6. The van der Waals surface area contributed by atoms with E-state index in [9.17, 15) is 22.8 Å². The largest absolute Gasteiger partial charge is 0.495 e. The molecule has 2 aromatic rings. The van der Waals surface area contributed by atoms with Crippen molar-refractivity contribution in [1.29, 1.82) is 0 Å². The van der Waals surface area contributed by atoms with Crippen LogP contribution in [0.25, 0.3) is 0 Å². The van der Waals surface area contributed by atoms with Gasteiger partial charge in [0.2, 0.25) is 17.7 Å². The van der Waals surface area contributed by atoms with Gasteiger partial charge in [-0.15, -0.1) is 0 Å². The molecule has 1 aliphatic carbocycles. The van der Waals surface area contributed by atoms with Crippen LogP contribution in [-0.2, 0) is 24.4 Å². The van der Waals surface area contributed by atoms with Crippen molar-refractivity contribution < 1.29 is 27.5 Å².